The summed E-state index contributed by atoms with van der Waals surface area (Å²) in [7, 11) is 0. The first-order valence-corrected chi connectivity index (χ1v) is 8.35. The molecule has 0 atom stereocenters. The first-order valence-electron chi connectivity index (χ1n) is 8.35. The van der Waals surface area contributed by atoms with E-state index in [1.54, 1.807) is 57.2 Å². The summed E-state index contributed by atoms with van der Waals surface area (Å²) >= 11 is 0. The van der Waals surface area contributed by atoms with Crippen molar-refractivity contribution >= 4 is 28.7 Å². The summed E-state index contributed by atoms with van der Waals surface area (Å²) in [5.74, 6) is -0.583. The van der Waals surface area contributed by atoms with Crippen LogP contribution in [0.4, 0.5) is 4.79 Å². The van der Waals surface area contributed by atoms with Gasteiger partial charge in [-0.05, 0) is 56.7 Å². The van der Waals surface area contributed by atoms with Gasteiger partial charge in [0.25, 0.3) is 0 Å². The molecule has 2 aromatic rings. The molecule has 6 heteroatoms. The number of hydrogen-bond acceptors (Lipinski definition) is 6. The lowest BCUT2D eigenvalue weighted by Crippen LogP contribution is -2.25. The van der Waals surface area contributed by atoms with Crippen LogP contribution in [0.1, 0.15) is 38.1 Å². The van der Waals surface area contributed by atoms with Crippen molar-refractivity contribution in [3.63, 3.8) is 0 Å². The minimum Gasteiger partial charge on any atom is -0.454 e. The molecular weight excluding hydrogens is 348 g/mol. The van der Waals surface area contributed by atoms with Gasteiger partial charge in [0.15, 0.2) is 12.4 Å². The Kier molecular flexibility index (Phi) is 6.00. The summed E-state index contributed by atoms with van der Waals surface area (Å²) in [6.45, 7) is 9.88. The summed E-state index contributed by atoms with van der Waals surface area (Å²) in [4.78, 5) is 35.3. The van der Waals surface area contributed by atoms with E-state index >= 15 is 0 Å². The van der Waals surface area contributed by atoms with Crippen molar-refractivity contribution in [1.82, 2.24) is 0 Å². The summed E-state index contributed by atoms with van der Waals surface area (Å²) < 4.78 is 15.2. The molecule has 6 nitrogen and oxygen atoms in total. The van der Waals surface area contributed by atoms with E-state index in [9.17, 15) is 14.4 Å². The first kappa shape index (κ1) is 20.2. The number of rotatable bonds is 5. The van der Waals surface area contributed by atoms with Gasteiger partial charge in [-0.2, -0.15) is 0 Å². The number of esters is 1. The maximum atomic E-state index is 12.2. The second-order valence-electron chi connectivity index (χ2n) is 7.07. The predicted molar refractivity (Wildman–Crippen MR) is 101 cm³/mol. The number of carbonyl (C=O) groups excluding carboxylic acids is 3. The molecule has 0 amide bonds. The molecule has 0 N–H and O–H groups in total. The van der Waals surface area contributed by atoms with Gasteiger partial charge in [0.2, 0.25) is 0 Å². The van der Waals surface area contributed by atoms with Crippen molar-refractivity contribution in [3.8, 4) is 5.75 Å². The van der Waals surface area contributed by atoms with E-state index in [0.717, 1.165) is 10.8 Å². The third-order valence-electron chi connectivity index (χ3n) is 3.41. The highest BCUT2D eigenvalue weighted by molar-refractivity contribution is 6.02. The molecule has 0 spiro atoms. The van der Waals surface area contributed by atoms with Crippen molar-refractivity contribution in [3.05, 3.63) is 54.1 Å². The molecule has 2 rings (SSSR count). The zero-order chi connectivity index (χ0) is 20.2. The Morgan fingerprint density at radius 3 is 2.26 bits per heavy atom. The number of carbonyl (C=O) groups is 3. The average Bonchev–Trinajstić information content (AvgIpc) is 2.56. The fourth-order valence-electron chi connectivity index (χ4n) is 2.17. The van der Waals surface area contributed by atoms with Crippen molar-refractivity contribution in [2.24, 2.45) is 0 Å². The lowest BCUT2D eigenvalue weighted by Gasteiger charge is -2.18. The number of Topliss-reactive ketones (excluding diaryl/α,β-unsaturated/α-hetero) is 1. The molecule has 0 unspecified atom stereocenters. The molecule has 0 saturated carbocycles. The summed E-state index contributed by atoms with van der Waals surface area (Å²) in [6, 6.07) is 10.0. The maximum absolute atomic E-state index is 12.2. The Morgan fingerprint density at radius 2 is 1.63 bits per heavy atom. The lowest BCUT2D eigenvalue weighted by atomic mass is 10.0. The third-order valence-corrected chi connectivity index (χ3v) is 3.41. The minimum absolute atomic E-state index is 0.235. The smallest absolute Gasteiger partial charge is 0.454 e. The topological polar surface area (TPSA) is 78.9 Å². The number of ketones is 1. The van der Waals surface area contributed by atoms with Crippen molar-refractivity contribution < 1.29 is 28.6 Å². The van der Waals surface area contributed by atoms with Gasteiger partial charge >= 0.3 is 12.1 Å². The van der Waals surface area contributed by atoms with E-state index in [0.29, 0.717) is 11.3 Å². The fourth-order valence-corrected chi connectivity index (χ4v) is 2.17. The van der Waals surface area contributed by atoms with Gasteiger partial charge in [0, 0.05) is 11.1 Å². The van der Waals surface area contributed by atoms with E-state index in [4.69, 9.17) is 14.2 Å². The summed E-state index contributed by atoms with van der Waals surface area (Å²) in [6.07, 6.45) is -0.784. The van der Waals surface area contributed by atoms with E-state index in [2.05, 4.69) is 6.58 Å². The highest BCUT2D eigenvalue weighted by atomic mass is 16.7. The van der Waals surface area contributed by atoms with Crippen molar-refractivity contribution in [1.29, 1.82) is 0 Å². The van der Waals surface area contributed by atoms with Crippen LogP contribution in [0.3, 0.4) is 0 Å². The zero-order valence-corrected chi connectivity index (χ0v) is 15.8. The fraction of sp³-hybridized carbons (Fsp3) is 0.286. The third kappa shape index (κ3) is 5.95. The molecule has 0 aliphatic rings. The predicted octanol–water partition coefficient (Wildman–Crippen LogP) is 4.46. The van der Waals surface area contributed by atoms with E-state index in [1.165, 1.54) is 6.92 Å². The van der Waals surface area contributed by atoms with Gasteiger partial charge in [-0.25, -0.2) is 9.59 Å². The van der Waals surface area contributed by atoms with Crippen LogP contribution in [0.5, 0.6) is 5.75 Å². The van der Waals surface area contributed by atoms with E-state index < -0.39 is 17.7 Å². The number of fused-ring (bicyclic) bond motifs is 1. The summed E-state index contributed by atoms with van der Waals surface area (Å²) in [5.41, 5.74) is 0.00760. The monoisotopic (exact) mass is 370 g/mol. The van der Waals surface area contributed by atoms with Crippen LogP contribution < -0.4 is 4.74 Å². The second-order valence-corrected chi connectivity index (χ2v) is 7.07. The van der Waals surface area contributed by atoms with Gasteiger partial charge in [-0.1, -0.05) is 24.8 Å². The van der Waals surface area contributed by atoms with Gasteiger partial charge in [0.1, 0.15) is 11.4 Å². The molecule has 0 heterocycles. The van der Waals surface area contributed by atoms with Crippen LogP contribution in [-0.2, 0) is 14.3 Å². The molecule has 0 bridgehead atoms. The van der Waals surface area contributed by atoms with Crippen LogP contribution in [0.25, 0.3) is 10.8 Å². The Morgan fingerprint density at radius 1 is 1.00 bits per heavy atom. The largest absolute Gasteiger partial charge is 0.514 e. The number of hydrogen-bond donors (Lipinski definition) is 0. The first-order chi connectivity index (χ1) is 12.5. The molecule has 0 aliphatic heterocycles. The molecule has 27 heavy (non-hydrogen) atoms. The normalized spacial score (nSPS) is 11.0. The van der Waals surface area contributed by atoms with E-state index in [-0.39, 0.29) is 18.0 Å². The zero-order valence-electron chi connectivity index (χ0n) is 15.8. The minimum atomic E-state index is -0.784. The van der Waals surface area contributed by atoms with Gasteiger partial charge < -0.3 is 14.2 Å². The maximum Gasteiger partial charge on any atom is 0.514 e. The Balaban J connectivity index is 2.10. The molecule has 0 aromatic heterocycles. The standard InChI is InChI=1S/C21H22O6/c1-13(2)19(23)25-12-18(22)16-7-6-15-11-17(9-8-14(15)10-16)26-20(24)27-21(3,4)5/h6-11H,1,12H2,2-5H3. The molecular formula is C21H22O6. The Hall–Kier alpha value is -3.15. The average molecular weight is 370 g/mol. The second kappa shape index (κ2) is 8.03. The van der Waals surface area contributed by atoms with Gasteiger partial charge in [-0.3, -0.25) is 4.79 Å². The van der Waals surface area contributed by atoms with E-state index in [1.807, 2.05) is 0 Å². The SMILES string of the molecule is C=C(C)C(=O)OCC(=O)c1ccc2cc(OC(=O)OC(C)(C)C)ccc2c1. The van der Waals surface area contributed by atoms with Crippen molar-refractivity contribution in [2.75, 3.05) is 6.61 Å². The molecule has 0 fully saturated rings. The van der Waals surface area contributed by atoms with Gasteiger partial charge in [-0.15, -0.1) is 0 Å². The molecule has 0 saturated heterocycles. The van der Waals surface area contributed by atoms with Gasteiger partial charge in [0.05, 0.1) is 0 Å². The molecule has 2 aromatic carbocycles. The summed E-state index contributed by atoms with van der Waals surface area (Å²) in [5, 5.41) is 1.56. The molecule has 0 radical (unpaired) electrons. The number of ether oxygens (including phenoxy) is 3. The van der Waals surface area contributed by atoms with Crippen LogP contribution in [0, 0.1) is 0 Å². The lowest BCUT2D eigenvalue weighted by molar-refractivity contribution is -0.137. The Labute approximate surface area is 157 Å². The molecule has 0 aliphatic carbocycles. The molecule has 142 valence electrons. The van der Waals surface area contributed by atoms with Crippen LogP contribution >= 0.6 is 0 Å². The van der Waals surface area contributed by atoms with Crippen LogP contribution in [0.15, 0.2) is 48.6 Å². The Bertz CT molecular complexity index is 905. The van der Waals surface area contributed by atoms with Crippen molar-refractivity contribution in [2.45, 2.75) is 33.3 Å². The highest BCUT2D eigenvalue weighted by Gasteiger charge is 2.18. The quantitative estimate of drug-likeness (QED) is 0.335. The number of benzene rings is 2. The highest BCUT2D eigenvalue weighted by Crippen LogP contribution is 2.23. The van der Waals surface area contributed by atoms with Crippen LogP contribution in [-0.4, -0.2) is 30.1 Å². The van der Waals surface area contributed by atoms with Crippen LogP contribution in [0.2, 0.25) is 0 Å².